The summed E-state index contributed by atoms with van der Waals surface area (Å²) in [5, 5.41) is 10.8. The number of rotatable bonds is 6. The summed E-state index contributed by atoms with van der Waals surface area (Å²) in [4.78, 5) is 12.7. The molecular formula is C24H26N2O3. The average molecular weight is 390 g/mol. The minimum atomic E-state index is -0.369. The maximum Gasteiger partial charge on any atom is 0.269 e. The second-order valence-electron chi connectivity index (χ2n) is 6.66. The van der Waals surface area contributed by atoms with E-state index in [0.717, 1.165) is 36.4 Å². The Balaban J connectivity index is 0.00000117. The van der Waals surface area contributed by atoms with Gasteiger partial charge in [0.25, 0.3) is 5.69 Å². The van der Waals surface area contributed by atoms with E-state index in [1.165, 1.54) is 11.3 Å². The van der Waals surface area contributed by atoms with E-state index in [2.05, 4.69) is 29.2 Å². The molecule has 0 unspecified atom stereocenters. The van der Waals surface area contributed by atoms with Crippen molar-refractivity contribution in [1.82, 2.24) is 0 Å². The molecule has 0 aliphatic carbocycles. The number of nitro groups is 1. The lowest BCUT2D eigenvalue weighted by atomic mass is 10.1. The summed E-state index contributed by atoms with van der Waals surface area (Å²) in [7, 11) is 0. The van der Waals surface area contributed by atoms with Gasteiger partial charge in [0, 0.05) is 30.9 Å². The van der Waals surface area contributed by atoms with E-state index in [1.807, 2.05) is 50.2 Å². The minimum absolute atomic E-state index is 0.126. The van der Waals surface area contributed by atoms with Crippen LogP contribution < -0.4 is 9.64 Å². The second kappa shape index (κ2) is 9.73. The van der Waals surface area contributed by atoms with Crippen LogP contribution in [0.3, 0.4) is 0 Å². The van der Waals surface area contributed by atoms with Gasteiger partial charge in [0.1, 0.15) is 12.4 Å². The van der Waals surface area contributed by atoms with Gasteiger partial charge >= 0.3 is 0 Å². The molecule has 29 heavy (non-hydrogen) atoms. The summed E-state index contributed by atoms with van der Waals surface area (Å²) in [6, 6.07) is 23.1. The molecule has 5 nitrogen and oxygen atoms in total. The van der Waals surface area contributed by atoms with Crippen molar-refractivity contribution in [3.63, 3.8) is 0 Å². The monoisotopic (exact) mass is 390 g/mol. The number of nitrogens with zero attached hydrogens (tertiary/aromatic N) is 2. The van der Waals surface area contributed by atoms with Crippen molar-refractivity contribution in [2.45, 2.75) is 33.4 Å². The largest absolute Gasteiger partial charge is 0.489 e. The highest BCUT2D eigenvalue weighted by molar-refractivity contribution is 5.60. The first-order valence-electron chi connectivity index (χ1n) is 9.97. The highest BCUT2D eigenvalue weighted by Crippen LogP contribution is 2.32. The standard InChI is InChI=1S/C22H20N2O3.C2H6/c25-24(26)20-8-6-17(7-9-20)15-23-13-12-19-14-21(10-11-22(19)23)27-16-18-4-2-1-3-5-18;1-2/h1-11,14H,12-13,15-16H2;1-2H3. The first-order valence-corrected chi connectivity index (χ1v) is 9.97. The quantitative estimate of drug-likeness (QED) is 0.396. The van der Waals surface area contributed by atoms with Crippen LogP contribution in [0.15, 0.2) is 72.8 Å². The molecule has 0 N–H and O–H groups in total. The van der Waals surface area contributed by atoms with Gasteiger partial charge in [-0.2, -0.15) is 0 Å². The zero-order valence-corrected chi connectivity index (χ0v) is 16.9. The average Bonchev–Trinajstić information content (AvgIpc) is 3.17. The zero-order chi connectivity index (χ0) is 20.6. The fourth-order valence-electron chi connectivity index (χ4n) is 3.38. The van der Waals surface area contributed by atoms with E-state index in [4.69, 9.17) is 4.74 Å². The number of anilines is 1. The first-order chi connectivity index (χ1) is 14.2. The lowest BCUT2D eigenvalue weighted by Crippen LogP contribution is -2.19. The van der Waals surface area contributed by atoms with Crippen LogP contribution in [0.25, 0.3) is 0 Å². The normalized spacial score (nSPS) is 12.0. The third kappa shape index (κ3) is 5.13. The Kier molecular flexibility index (Phi) is 6.85. The summed E-state index contributed by atoms with van der Waals surface area (Å²) < 4.78 is 5.92. The van der Waals surface area contributed by atoms with E-state index in [1.54, 1.807) is 12.1 Å². The van der Waals surface area contributed by atoms with Crippen molar-refractivity contribution in [1.29, 1.82) is 0 Å². The zero-order valence-electron chi connectivity index (χ0n) is 16.9. The molecule has 0 saturated carbocycles. The third-order valence-corrected chi connectivity index (χ3v) is 4.81. The minimum Gasteiger partial charge on any atom is -0.489 e. The Morgan fingerprint density at radius 3 is 2.38 bits per heavy atom. The SMILES string of the molecule is CC.O=[N+]([O-])c1ccc(CN2CCc3cc(OCc4ccccc4)ccc32)cc1. The second-order valence-corrected chi connectivity index (χ2v) is 6.66. The third-order valence-electron chi connectivity index (χ3n) is 4.81. The summed E-state index contributed by atoms with van der Waals surface area (Å²) in [5.41, 5.74) is 4.83. The molecule has 0 amide bonds. The van der Waals surface area contributed by atoms with E-state index < -0.39 is 0 Å². The molecule has 0 bridgehead atoms. The van der Waals surface area contributed by atoms with Crippen LogP contribution >= 0.6 is 0 Å². The fourth-order valence-corrected chi connectivity index (χ4v) is 3.38. The van der Waals surface area contributed by atoms with Crippen molar-refractivity contribution >= 4 is 11.4 Å². The molecule has 150 valence electrons. The highest BCUT2D eigenvalue weighted by atomic mass is 16.6. The Morgan fingerprint density at radius 2 is 1.69 bits per heavy atom. The lowest BCUT2D eigenvalue weighted by Gasteiger charge is -2.19. The number of hydrogen-bond donors (Lipinski definition) is 0. The Hall–Kier alpha value is -3.34. The van der Waals surface area contributed by atoms with Gasteiger partial charge in [-0.15, -0.1) is 0 Å². The fraction of sp³-hybridized carbons (Fsp3) is 0.250. The Labute approximate surface area is 171 Å². The van der Waals surface area contributed by atoms with Gasteiger partial charge in [0.15, 0.2) is 0 Å². The summed E-state index contributed by atoms with van der Waals surface area (Å²) in [6.07, 6.45) is 0.977. The molecule has 5 heteroatoms. The van der Waals surface area contributed by atoms with Gasteiger partial charge in [0.05, 0.1) is 4.92 Å². The smallest absolute Gasteiger partial charge is 0.269 e. The topological polar surface area (TPSA) is 55.6 Å². The predicted octanol–water partition coefficient (Wildman–Crippen LogP) is 5.76. The molecule has 1 heterocycles. The number of ether oxygens (including phenoxy) is 1. The molecule has 1 aliphatic rings. The van der Waals surface area contributed by atoms with Gasteiger partial charge in [-0.1, -0.05) is 56.3 Å². The number of benzene rings is 3. The van der Waals surface area contributed by atoms with Crippen LogP contribution in [-0.4, -0.2) is 11.5 Å². The Bertz CT molecular complexity index is 940. The number of hydrogen-bond acceptors (Lipinski definition) is 4. The van der Waals surface area contributed by atoms with Gasteiger partial charge in [-0.25, -0.2) is 0 Å². The van der Waals surface area contributed by atoms with Crippen molar-refractivity contribution in [3.8, 4) is 5.75 Å². The van der Waals surface area contributed by atoms with Gasteiger partial charge < -0.3 is 9.64 Å². The van der Waals surface area contributed by atoms with Crippen LogP contribution in [-0.2, 0) is 19.6 Å². The molecule has 3 aromatic carbocycles. The van der Waals surface area contributed by atoms with Gasteiger partial charge in [-0.3, -0.25) is 10.1 Å². The molecule has 0 fully saturated rings. The number of nitro benzene ring substituents is 1. The molecule has 1 aliphatic heterocycles. The molecule has 0 aromatic heterocycles. The van der Waals surface area contributed by atoms with Crippen LogP contribution in [0.4, 0.5) is 11.4 Å². The summed E-state index contributed by atoms with van der Waals surface area (Å²) in [5.74, 6) is 0.884. The Morgan fingerprint density at radius 1 is 0.966 bits per heavy atom. The van der Waals surface area contributed by atoms with Crippen molar-refractivity contribution in [2.75, 3.05) is 11.4 Å². The van der Waals surface area contributed by atoms with Crippen molar-refractivity contribution < 1.29 is 9.66 Å². The van der Waals surface area contributed by atoms with Crippen molar-refractivity contribution in [3.05, 3.63) is 99.6 Å². The molecule has 0 spiro atoms. The molecule has 4 rings (SSSR count). The molecule has 0 radical (unpaired) electrons. The highest BCUT2D eigenvalue weighted by Gasteiger charge is 2.20. The molecule has 0 atom stereocenters. The van der Waals surface area contributed by atoms with E-state index in [-0.39, 0.29) is 10.6 Å². The van der Waals surface area contributed by atoms with Crippen molar-refractivity contribution in [2.24, 2.45) is 0 Å². The van der Waals surface area contributed by atoms with E-state index >= 15 is 0 Å². The predicted molar refractivity (Wildman–Crippen MR) is 116 cm³/mol. The maximum absolute atomic E-state index is 10.8. The first kappa shape index (κ1) is 20.4. The summed E-state index contributed by atoms with van der Waals surface area (Å²) in [6.45, 7) is 6.25. The number of non-ortho nitro benzene ring substituents is 1. The van der Waals surface area contributed by atoms with Gasteiger partial charge in [0.2, 0.25) is 0 Å². The van der Waals surface area contributed by atoms with Gasteiger partial charge in [-0.05, 0) is 41.3 Å². The maximum atomic E-state index is 10.8. The number of fused-ring (bicyclic) bond motifs is 1. The molecule has 3 aromatic rings. The van der Waals surface area contributed by atoms with E-state index in [0.29, 0.717) is 6.61 Å². The van der Waals surface area contributed by atoms with Crippen LogP contribution in [0.1, 0.15) is 30.5 Å². The van der Waals surface area contributed by atoms with Crippen LogP contribution in [0.5, 0.6) is 5.75 Å². The summed E-state index contributed by atoms with van der Waals surface area (Å²) >= 11 is 0. The molecular weight excluding hydrogens is 364 g/mol. The van der Waals surface area contributed by atoms with E-state index in [9.17, 15) is 10.1 Å². The lowest BCUT2D eigenvalue weighted by molar-refractivity contribution is -0.384. The molecule has 0 saturated heterocycles. The van der Waals surface area contributed by atoms with Crippen LogP contribution in [0.2, 0.25) is 0 Å². The van der Waals surface area contributed by atoms with Crippen LogP contribution in [0, 0.1) is 10.1 Å².